The van der Waals surface area contributed by atoms with Crippen LogP contribution < -0.4 is 5.32 Å². The topological polar surface area (TPSA) is 76.4 Å². The lowest BCUT2D eigenvalue weighted by molar-refractivity contribution is -0.116. The number of nitriles is 1. The molecule has 0 radical (unpaired) electrons. The van der Waals surface area contributed by atoms with Crippen LogP contribution in [0.2, 0.25) is 0 Å². The molecule has 1 atom stereocenters. The highest BCUT2D eigenvalue weighted by Gasteiger charge is 2.24. The molecule has 0 saturated carbocycles. The van der Waals surface area contributed by atoms with E-state index in [9.17, 15) is 15.2 Å². The van der Waals surface area contributed by atoms with Crippen molar-refractivity contribution in [1.29, 1.82) is 5.26 Å². The number of nitrogens with zero attached hydrogens (tertiary/aromatic N) is 2. The van der Waals surface area contributed by atoms with Crippen LogP contribution >= 0.6 is 11.3 Å². The van der Waals surface area contributed by atoms with Crippen LogP contribution in [-0.2, 0) is 17.6 Å². The molecule has 2 heterocycles. The molecule has 3 rings (SSSR count). The third kappa shape index (κ3) is 3.80. The number of aliphatic hydroxyl groups is 1. The lowest BCUT2D eigenvalue weighted by Crippen LogP contribution is -2.41. The Morgan fingerprint density at radius 3 is 3.04 bits per heavy atom. The molecule has 1 unspecified atom stereocenters. The number of piperidine rings is 1. The number of carbonyl (C=O) groups is 1. The van der Waals surface area contributed by atoms with E-state index in [2.05, 4.69) is 16.3 Å². The molecule has 5 nitrogen and oxygen atoms in total. The number of nitrogens with one attached hydrogen (secondary N) is 1. The van der Waals surface area contributed by atoms with E-state index < -0.39 is 0 Å². The third-order valence-electron chi connectivity index (χ3n) is 5.12. The highest BCUT2D eigenvalue weighted by atomic mass is 32.1. The zero-order chi connectivity index (χ0) is 16.9. The summed E-state index contributed by atoms with van der Waals surface area (Å²) in [5.74, 6) is -0.0141. The quantitative estimate of drug-likeness (QED) is 0.829. The van der Waals surface area contributed by atoms with E-state index in [4.69, 9.17) is 0 Å². The van der Waals surface area contributed by atoms with Crippen molar-refractivity contribution in [2.24, 2.45) is 0 Å². The van der Waals surface area contributed by atoms with Gasteiger partial charge in [-0.1, -0.05) is 6.42 Å². The van der Waals surface area contributed by atoms with Crippen LogP contribution in [0.25, 0.3) is 0 Å². The smallest absolute Gasteiger partial charge is 0.226 e. The van der Waals surface area contributed by atoms with E-state index >= 15 is 0 Å². The fourth-order valence-electron chi connectivity index (χ4n) is 3.88. The molecular formula is C18H25N3O2S. The van der Waals surface area contributed by atoms with Gasteiger partial charge in [-0.05, 0) is 50.6 Å². The summed E-state index contributed by atoms with van der Waals surface area (Å²) in [4.78, 5) is 15.9. The maximum Gasteiger partial charge on any atom is 0.226 e. The summed E-state index contributed by atoms with van der Waals surface area (Å²) in [5, 5.41) is 22.3. The van der Waals surface area contributed by atoms with Crippen molar-refractivity contribution in [3.8, 4) is 6.07 Å². The van der Waals surface area contributed by atoms with Gasteiger partial charge in [-0.25, -0.2) is 0 Å². The van der Waals surface area contributed by atoms with Crippen molar-refractivity contribution in [2.75, 3.05) is 25.0 Å². The molecule has 1 aromatic rings. The maximum absolute atomic E-state index is 12.3. The van der Waals surface area contributed by atoms with Crippen LogP contribution in [0.3, 0.4) is 0 Å². The van der Waals surface area contributed by atoms with Crippen LogP contribution in [0.5, 0.6) is 0 Å². The fraction of sp³-hybridized carbons (Fsp3) is 0.667. The Morgan fingerprint density at radius 1 is 1.38 bits per heavy atom. The van der Waals surface area contributed by atoms with Gasteiger partial charge in [0.2, 0.25) is 5.91 Å². The molecule has 2 aliphatic rings. The standard InChI is InChI=1S/C18H25N3O2S/c19-12-15-14-5-3-6-16(14)24-18(15)20-17(23)7-10-21-9-2-1-4-13(21)8-11-22/h13,22H,1-11H2,(H,20,23). The van der Waals surface area contributed by atoms with E-state index in [1.54, 1.807) is 11.3 Å². The highest BCUT2D eigenvalue weighted by molar-refractivity contribution is 7.16. The van der Waals surface area contributed by atoms with Crippen molar-refractivity contribution >= 4 is 22.2 Å². The van der Waals surface area contributed by atoms with Crippen LogP contribution in [-0.4, -0.2) is 41.7 Å². The van der Waals surface area contributed by atoms with E-state index in [0.717, 1.165) is 55.8 Å². The molecule has 1 amide bonds. The molecule has 24 heavy (non-hydrogen) atoms. The summed E-state index contributed by atoms with van der Waals surface area (Å²) >= 11 is 1.57. The number of anilines is 1. The molecule has 2 N–H and O–H groups in total. The number of likely N-dealkylation sites (tertiary alicyclic amines) is 1. The number of carbonyl (C=O) groups excluding carboxylic acids is 1. The Balaban J connectivity index is 1.55. The first-order chi connectivity index (χ1) is 11.7. The minimum absolute atomic E-state index is 0.0141. The third-order valence-corrected chi connectivity index (χ3v) is 6.33. The summed E-state index contributed by atoms with van der Waals surface area (Å²) in [5.41, 5.74) is 1.83. The van der Waals surface area contributed by atoms with Gasteiger partial charge in [-0.15, -0.1) is 11.3 Å². The zero-order valence-corrected chi connectivity index (χ0v) is 14.8. The van der Waals surface area contributed by atoms with Gasteiger partial charge in [-0.3, -0.25) is 9.69 Å². The SMILES string of the molecule is N#Cc1c(NC(=O)CCN2CCCCC2CCO)sc2c1CCC2. The minimum Gasteiger partial charge on any atom is -0.396 e. The first kappa shape index (κ1) is 17.4. The monoisotopic (exact) mass is 347 g/mol. The fourth-order valence-corrected chi connectivity index (χ4v) is 5.13. The molecule has 1 aliphatic heterocycles. The lowest BCUT2D eigenvalue weighted by Gasteiger charge is -2.35. The second-order valence-corrected chi connectivity index (χ2v) is 7.77. The molecule has 0 bridgehead atoms. The summed E-state index contributed by atoms with van der Waals surface area (Å²) in [6.45, 7) is 1.94. The zero-order valence-electron chi connectivity index (χ0n) is 14.0. The van der Waals surface area contributed by atoms with Crippen molar-refractivity contribution in [2.45, 2.75) is 57.4 Å². The van der Waals surface area contributed by atoms with E-state index in [0.29, 0.717) is 18.0 Å². The van der Waals surface area contributed by atoms with Crippen molar-refractivity contribution < 1.29 is 9.90 Å². The predicted octanol–water partition coefficient (Wildman–Crippen LogP) is 2.67. The van der Waals surface area contributed by atoms with Crippen LogP contribution in [0, 0.1) is 11.3 Å². The number of hydrogen-bond acceptors (Lipinski definition) is 5. The Bertz CT molecular complexity index is 633. The van der Waals surface area contributed by atoms with Crippen molar-refractivity contribution in [1.82, 2.24) is 4.90 Å². The van der Waals surface area contributed by atoms with Crippen molar-refractivity contribution in [3.05, 3.63) is 16.0 Å². The maximum atomic E-state index is 12.3. The van der Waals surface area contributed by atoms with Gasteiger partial charge in [0.25, 0.3) is 0 Å². The Morgan fingerprint density at radius 2 is 2.25 bits per heavy atom. The number of aryl methyl sites for hydroxylation is 1. The first-order valence-corrected chi connectivity index (χ1v) is 9.74. The highest BCUT2D eigenvalue weighted by Crippen LogP contribution is 2.38. The van der Waals surface area contributed by atoms with Crippen LogP contribution in [0.15, 0.2) is 0 Å². The molecule has 6 heteroatoms. The second kappa shape index (κ2) is 8.11. The largest absolute Gasteiger partial charge is 0.396 e. The molecule has 0 spiro atoms. The average molecular weight is 347 g/mol. The second-order valence-electron chi connectivity index (χ2n) is 6.67. The first-order valence-electron chi connectivity index (χ1n) is 8.92. The number of rotatable bonds is 6. The van der Waals surface area contributed by atoms with E-state index in [1.807, 2.05) is 0 Å². The van der Waals surface area contributed by atoms with Crippen LogP contribution in [0.4, 0.5) is 5.00 Å². The van der Waals surface area contributed by atoms with Gasteiger partial charge in [0, 0.05) is 30.5 Å². The summed E-state index contributed by atoms with van der Waals surface area (Å²) in [6, 6.07) is 2.67. The number of fused-ring (bicyclic) bond motifs is 1. The van der Waals surface area contributed by atoms with Gasteiger partial charge < -0.3 is 10.4 Å². The van der Waals surface area contributed by atoms with Crippen molar-refractivity contribution in [3.63, 3.8) is 0 Å². The Hall–Kier alpha value is -1.42. The lowest BCUT2D eigenvalue weighted by atomic mass is 9.99. The van der Waals surface area contributed by atoms with Gasteiger partial charge in [0.05, 0.1) is 5.56 Å². The number of amides is 1. The van der Waals surface area contributed by atoms with Crippen LogP contribution in [0.1, 0.15) is 54.5 Å². The summed E-state index contributed by atoms with van der Waals surface area (Å²) < 4.78 is 0. The van der Waals surface area contributed by atoms with E-state index in [1.165, 1.54) is 17.7 Å². The molecule has 130 valence electrons. The normalized spacial score (nSPS) is 20.6. The molecular weight excluding hydrogens is 322 g/mol. The average Bonchev–Trinajstić information content (AvgIpc) is 3.15. The van der Waals surface area contributed by atoms with E-state index in [-0.39, 0.29) is 12.5 Å². The summed E-state index contributed by atoms with van der Waals surface area (Å²) in [6.07, 6.45) is 7.82. The molecule has 1 saturated heterocycles. The van der Waals surface area contributed by atoms with Gasteiger partial charge in [0.15, 0.2) is 0 Å². The Kier molecular flexibility index (Phi) is 5.88. The Labute approximate surface area is 147 Å². The van der Waals surface area contributed by atoms with Gasteiger partial charge in [0.1, 0.15) is 11.1 Å². The molecule has 1 aromatic heterocycles. The number of thiophene rings is 1. The molecule has 1 fully saturated rings. The molecule has 1 aliphatic carbocycles. The summed E-state index contributed by atoms with van der Waals surface area (Å²) in [7, 11) is 0. The number of hydrogen-bond donors (Lipinski definition) is 2. The molecule has 0 aromatic carbocycles. The minimum atomic E-state index is -0.0141. The predicted molar refractivity (Wildman–Crippen MR) is 95.2 cm³/mol. The van der Waals surface area contributed by atoms with Gasteiger partial charge in [-0.2, -0.15) is 5.26 Å². The van der Waals surface area contributed by atoms with Gasteiger partial charge >= 0.3 is 0 Å². The number of aliphatic hydroxyl groups excluding tert-OH is 1.